The standard InChI is InChI=1S/C13H20F3NO3S/c1-2-3-5-21-6-4-11(18)17-7-9(12(19)20)10(8-17)13(14,15)16/h9-10H,2-8H2,1H3,(H,19,20)/t9-,10-/m1/s1. The summed E-state index contributed by atoms with van der Waals surface area (Å²) >= 11 is 1.59. The number of unbranched alkanes of at least 4 members (excludes halogenated alkanes) is 1. The van der Waals surface area contributed by atoms with Crippen LogP contribution in [0.1, 0.15) is 26.2 Å². The van der Waals surface area contributed by atoms with Crippen LogP contribution in [0.5, 0.6) is 0 Å². The van der Waals surface area contributed by atoms with E-state index in [1.54, 1.807) is 11.8 Å². The molecule has 1 aliphatic heterocycles. The van der Waals surface area contributed by atoms with Gasteiger partial charge in [-0.3, -0.25) is 9.59 Å². The fourth-order valence-electron chi connectivity index (χ4n) is 2.26. The van der Waals surface area contributed by atoms with Crippen LogP contribution in [0.25, 0.3) is 0 Å². The minimum atomic E-state index is -4.59. The van der Waals surface area contributed by atoms with Gasteiger partial charge in [-0.05, 0) is 12.2 Å². The number of halogens is 3. The second kappa shape index (κ2) is 7.91. The second-order valence-electron chi connectivity index (χ2n) is 5.11. The van der Waals surface area contributed by atoms with Crippen molar-refractivity contribution in [3.63, 3.8) is 0 Å². The lowest BCUT2D eigenvalue weighted by Crippen LogP contribution is -2.34. The molecule has 1 fully saturated rings. The summed E-state index contributed by atoms with van der Waals surface area (Å²) in [6.07, 6.45) is -2.33. The number of carbonyl (C=O) groups excluding carboxylic acids is 1. The molecule has 1 aliphatic rings. The molecule has 8 heteroatoms. The van der Waals surface area contributed by atoms with Crippen molar-refractivity contribution in [2.45, 2.75) is 32.4 Å². The fourth-order valence-corrected chi connectivity index (χ4v) is 3.27. The summed E-state index contributed by atoms with van der Waals surface area (Å²) in [6.45, 7) is 1.16. The zero-order chi connectivity index (χ0) is 16.0. The van der Waals surface area contributed by atoms with Gasteiger partial charge in [0.05, 0.1) is 11.8 Å². The van der Waals surface area contributed by atoms with Crippen LogP contribution in [0.4, 0.5) is 13.2 Å². The lowest BCUT2D eigenvalue weighted by atomic mass is 9.96. The molecule has 0 bridgehead atoms. The van der Waals surface area contributed by atoms with E-state index in [9.17, 15) is 22.8 Å². The van der Waals surface area contributed by atoms with E-state index in [0.29, 0.717) is 5.75 Å². The third-order valence-corrected chi connectivity index (χ3v) is 4.58. The third-order valence-electron chi connectivity index (χ3n) is 3.51. The molecule has 0 spiro atoms. The number of aliphatic carboxylic acids is 1. The van der Waals surface area contributed by atoms with Gasteiger partial charge in [-0.15, -0.1) is 0 Å². The number of hydrogen-bond donors (Lipinski definition) is 1. The normalized spacial score (nSPS) is 22.6. The number of carbonyl (C=O) groups is 2. The van der Waals surface area contributed by atoms with E-state index < -0.39 is 36.4 Å². The lowest BCUT2D eigenvalue weighted by Gasteiger charge is -2.18. The Balaban J connectivity index is 2.49. The Morgan fingerprint density at radius 2 is 1.95 bits per heavy atom. The Morgan fingerprint density at radius 1 is 1.29 bits per heavy atom. The van der Waals surface area contributed by atoms with Gasteiger partial charge in [0.25, 0.3) is 0 Å². The SMILES string of the molecule is CCCCSCCC(=O)N1C[C@@H](C(F)(F)F)[C@H](C(=O)O)C1. The molecule has 21 heavy (non-hydrogen) atoms. The molecule has 122 valence electrons. The number of carboxylic acids is 1. The van der Waals surface area contributed by atoms with Gasteiger partial charge >= 0.3 is 12.1 Å². The molecule has 0 aromatic heterocycles. The van der Waals surface area contributed by atoms with Gasteiger partial charge < -0.3 is 10.0 Å². The van der Waals surface area contributed by atoms with Crippen molar-refractivity contribution in [3.8, 4) is 0 Å². The summed E-state index contributed by atoms with van der Waals surface area (Å²) in [5.74, 6) is -3.92. The summed E-state index contributed by atoms with van der Waals surface area (Å²) in [6, 6.07) is 0. The molecule has 0 radical (unpaired) electrons. The molecule has 2 atom stereocenters. The van der Waals surface area contributed by atoms with Crippen molar-refractivity contribution in [2.75, 3.05) is 24.6 Å². The van der Waals surface area contributed by atoms with Crippen molar-refractivity contribution < 1.29 is 27.9 Å². The Labute approximate surface area is 126 Å². The minimum Gasteiger partial charge on any atom is -0.481 e. The predicted molar refractivity (Wildman–Crippen MR) is 74.1 cm³/mol. The Bertz CT molecular complexity index is 376. The van der Waals surface area contributed by atoms with E-state index in [2.05, 4.69) is 6.92 Å². The highest BCUT2D eigenvalue weighted by atomic mass is 32.2. The molecular weight excluding hydrogens is 307 g/mol. The van der Waals surface area contributed by atoms with Crippen LogP contribution >= 0.6 is 11.8 Å². The molecule has 0 aliphatic carbocycles. The predicted octanol–water partition coefficient (Wildman–Crippen LogP) is 2.63. The lowest BCUT2D eigenvalue weighted by molar-refractivity contribution is -0.188. The summed E-state index contributed by atoms with van der Waals surface area (Å²) in [5.41, 5.74) is 0. The summed E-state index contributed by atoms with van der Waals surface area (Å²) in [5, 5.41) is 8.88. The number of carboxylic acid groups (broad SMARTS) is 1. The van der Waals surface area contributed by atoms with Crippen molar-refractivity contribution in [2.24, 2.45) is 11.8 Å². The van der Waals surface area contributed by atoms with Crippen LogP contribution in [0.3, 0.4) is 0 Å². The largest absolute Gasteiger partial charge is 0.481 e. The van der Waals surface area contributed by atoms with Crippen molar-refractivity contribution in [1.82, 2.24) is 4.90 Å². The molecule has 1 heterocycles. The van der Waals surface area contributed by atoms with E-state index >= 15 is 0 Å². The first-order chi connectivity index (χ1) is 9.77. The molecule has 1 rings (SSSR count). The highest BCUT2D eigenvalue weighted by Crippen LogP contribution is 2.37. The maximum Gasteiger partial charge on any atom is 0.394 e. The molecule has 0 unspecified atom stereocenters. The van der Waals surface area contributed by atoms with Crippen LogP contribution in [-0.4, -0.2) is 52.7 Å². The van der Waals surface area contributed by atoms with Crippen molar-refractivity contribution >= 4 is 23.6 Å². The van der Waals surface area contributed by atoms with E-state index in [-0.39, 0.29) is 13.0 Å². The number of rotatable bonds is 7. The van der Waals surface area contributed by atoms with Crippen LogP contribution < -0.4 is 0 Å². The number of alkyl halides is 3. The molecule has 1 saturated heterocycles. The fraction of sp³-hybridized carbons (Fsp3) is 0.846. The first-order valence-corrected chi connectivity index (χ1v) is 8.07. The number of amides is 1. The van der Waals surface area contributed by atoms with Crippen molar-refractivity contribution in [3.05, 3.63) is 0 Å². The summed E-state index contributed by atoms with van der Waals surface area (Å²) in [4.78, 5) is 23.8. The molecule has 0 aromatic carbocycles. The monoisotopic (exact) mass is 327 g/mol. The quantitative estimate of drug-likeness (QED) is 0.730. The van der Waals surface area contributed by atoms with Gasteiger partial charge in [0.15, 0.2) is 0 Å². The highest BCUT2D eigenvalue weighted by Gasteiger charge is 2.53. The molecule has 0 saturated carbocycles. The summed E-state index contributed by atoms with van der Waals surface area (Å²) < 4.78 is 38.4. The van der Waals surface area contributed by atoms with Crippen LogP contribution in [0, 0.1) is 11.8 Å². The zero-order valence-electron chi connectivity index (χ0n) is 11.9. The van der Waals surface area contributed by atoms with E-state index in [1.807, 2.05) is 0 Å². The van der Waals surface area contributed by atoms with Gasteiger partial charge in [0, 0.05) is 25.3 Å². The summed E-state index contributed by atoms with van der Waals surface area (Å²) in [7, 11) is 0. The third kappa shape index (κ3) is 5.41. The average molecular weight is 327 g/mol. The minimum absolute atomic E-state index is 0.158. The van der Waals surface area contributed by atoms with E-state index in [1.165, 1.54) is 0 Å². The number of nitrogens with zero attached hydrogens (tertiary/aromatic N) is 1. The topological polar surface area (TPSA) is 57.6 Å². The van der Waals surface area contributed by atoms with Gasteiger partial charge in [-0.2, -0.15) is 24.9 Å². The van der Waals surface area contributed by atoms with E-state index in [4.69, 9.17) is 5.11 Å². The Hall–Kier alpha value is -0.920. The van der Waals surface area contributed by atoms with E-state index in [0.717, 1.165) is 23.5 Å². The molecule has 0 aromatic rings. The van der Waals surface area contributed by atoms with Crippen molar-refractivity contribution in [1.29, 1.82) is 0 Å². The maximum atomic E-state index is 12.8. The highest BCUT2D eigenvalue weighted by molar-refractivity contribution is 7.99. The Kier molecular flexibility index (Phi) is 6.83. The smallest absolute Gasteiger partial charge is 0.394 e. The number of likely N-dealkylation sites (tertiary alicyclic amines) is 1. The maximum absolute atomic E-state index is 12.8. The first kappa shape index (κ1) is 18.1. The van der Waals surface area contributed by atoms with Crippen LogP contribution in [-0.2, 0) is 9.59 Å². The van der Waals surface area contributed by atoms with Crippen LogP contribution in [0.15, 0.2) is 0 Å². The number of hydrogen-bond acceptors (Lipinski definition) is 3. The Morgan fingerprint density at radius 3 is 2.43 bits per heavy atom. The molecule has 1 N–H and O–H groups in total. The van der Waals surface area contributed by atoms with Gasteiger partial charge in [-0.1, -0.05) is 13.3 Å². The molecular formula is C13H20F3NO3S. The molecule has 1 amide bonds. The number of thioether (sulfide) groups is 1. The zero-order valence-corrected chi connectivity index (χ0v) is 12.7. The first-order valence-electron chi connectivity index (χ1n) is 6.92. The average Bonchev–Trinajstić information content (AvgIpc) is 2.83. The van der Waals surface area contributed by atoms with Crippen LogP contribution in [0.2, 0.25) is 0 Å². The van der Waals surface area contributed by atoms with Gasteiger partial charge in [0.2, 0.25) is 5.91 Å². The van der Waals surface area contributed by atoms with Gasteiger partial charge in [-0.25, -0.2) is 0 Å². The molecule has 4 nitrogen and oxygen atoms in total. The second-order valence-corrected chi connectivity index (χ2v) is 6.33. The van der Waals surface area contributed by atoms with Gasteiger partial charge in [0.1, 0.15) is 0 Å².